The van der Waals surface area contributed by atoms with Crippen LogP contribution in [0.4, 0.5) is 0 Å². The summed E-state index contributed by atoms with van der Waals surface area (Å²) in [6.45, 7) is 0. The van der Waals surface area contributed by atoms with Crippen molar-refractivity contribution in [3.63, 3.8) is 0 Å². The lowest BCUT2D eigenvalue weighted by Crippen LogP contribution is -2.50. The maximum atomic E-state index is 12.4. The zero-order valence-corrected chi connectivity index (χ0v) is 11.5. The molecule has 0 bridgehead atoms. The second kappa shape index (κ2) is 4.31. The first-order chi connectivity index (χ1) is 9.53. The van der Waals surface area contributed by atoms with Crippen LogP contribution >= 0.6 is 11.6 Å². The largest absolute Gasteiger partial charge is 0.468 e. The molecule has 0 spiro atoms. The lowest BCUT2D eigenvalue weighted by molar-refractivity contribution is -0.141. The number of alkyl halides is 1. The molecule has 1 aliphatic carbocycles. The van der Waals surface area contributed by atoms with E-state index in [2.05, 4.69) is 4.74 Å². The van der Waals surface area contributed by atoms with Crippen molar-refractivity contribution in [2.24, 2.45) is 0 Å². The highest BCUT2D eigenvalue weighted by Crippen LogP contribution is 2.50. The minimum absolute atomic E-state index is 0.359. The first kappa shape index (κ1) is 13.1. The maximum Gasteiger partial charge on any atom is 0.326 e. The Balaban J connectivity index is 1.99. The molecule has 1 aromatic carbocycles. The SMILES string of the molecule is COC(=O)[C@H](Cl)C1(N2C(=O)c3ccccc3C2=O)CC1. The Bertz CT molecular complexity index is 588. The Morgan fingerprint density at radius 2 is 1.75 bits per heavy atom. The molecule has 2 aliphatic rings. The maximum absolute atomic E-state index is 12.4. The molecule has 104 valence electrons. The van der Waals surface area contributed by atoms with E-state index in [9.17, 15) is 14.4 Å². The van der Waals surface area contributed by atoms with Gasteiger partial charge in [0, 0.05) is 0 Å². The molecule has 0 aromatic heterocycles. The molecule has 20 heavy (non-hydrogen) atoms. The summed E-state index contributed by atoms with van der Waals surface area (Å²) in [4.78, 5) is 37.6. The number of nitrogens with zero attached hydrogens (tertiary/aromatic N) is 1. The monoisotopic (exact) mass is 293 g/mol. The number of methoxy groups -OCH3 is 1. The Hall–Kier alpha value is -1.88. The van der Waals surface area contributed by atoms with Gasteiger partial charge in [-0.05, 0) is 25.0 Å². The highest BCUT2D eigenvalue weighted by Gasteiger charge is 2.62. The number of hydrogen-bond donors (Lipinski definition) is 0. The third-order valence-corrected chi connectivity index (χ3v) is 4.47. The third kappa shape index (κ3) is 1.59. The molecule has 1 saturated carbocycles. The van der Waals surface area contributed by atoms with Gasteiger partial charge >= 0.3 is 5.97 Å². The van der Waals surface area contributed by atoms with Crippen LogP contribution in [-0.4, -0.2) is 40.7 Å². The van der Waals surface area contributed by atoms with Gasteiger partial charge in [-0.25, -0.2) is 0 Å². The van der Waals surface area contributed by atoms with Crippen molar-refractivity contribution in [2.45, 2.75) is 23.8 Å². The topological polar surface area (TPSA) is 63.7 Å². The van der Waals surface area contributed by atoms with Crippen molar-refractivity contribution >= 4 is 29.4 Å². The lowest BCUT2D eigenvalue weighted by Gasteiger charge is -2.28. The Labute approximate surface area is 120 Å². The van der Waals surface area contributed by atoms with E-state index in [1.807, 2.05) is 0 Å². The van der Waals surface area contributed by atoms with Gasteiger partial charge in [-0.2, -0.15) is 0 Å². The number of halogens is 1. The van der Waals surface area contributed by atoms with Crippen molar-refractivity contribution in [1.29, 1.82) is 0 Å². The van der Waals surface area contributed by atoms with E-state index >= 15 is 0 Å². The molecule has 0 saturated heterocycles. The van der Waals surface area contributed by atoms with E-state index in [4.69, 9.17) is 11.6 Å². The second-order valence-corrected chi connectivity index (χ2v) is 5.42. The van der Waals surface area contributed by atoms with E-state index in [0.717, 1.165) is 4.90 Å². The lowest BCUT2D eigenvalue weighted by atomic mass is 10.1. The summed E-state index contributed by atoms with van der Waals surface area (Å²) >= 11 is 6.12. The number of amides is 2. The van der Waals surface area contributed by atoms with Gasteiger partial charge in [0.1, 0.15) is 0 Å². The number of hydrogen-bond acceptors (Lipinski definition) is 4. The number of carbonyl (C=O) groups is 3. The average Bonchev–Trinajstić information content (AvgIpc) is 3.22. The summed E-state index contributed by atoms with van der Waals surface area (Å²) < 4.78 is 4.63. The zero-order valence-electron chi connectivity index (χ0n) is 10.8. The summed E-state index contributed by atoms with van der Waals surface area (Å²) in [5, 5.41) is -1.03. The fourth-order valence-corrected chi connectivity index (χ4v) is 3.04. The second-order valence-electron chi connectivity index (χ2n) is 4.98. The molecule has 3 rings (SSSR count). The van der Waals surface area contributed by atoms with Gasteiger partial charge in [0.25, 0.3) is 11.8 Å². The van der Waals surface area contributed by atoms with Crippen LogP contribution in [-0.2, 0) is 9.53 Å². The molecule has 0 unspecified atom stereocenters. The van der Waals surface area contributed by atoms with Crippen LogP contribution in [0, 0.1) is 0 Å². The van der Waals surface area contributed by atoms with E-state index in [-0.39, 0.29) is 0 Å². The van der Waals surface area contributed by atoms with Crippen LogP contribution in [0.2, 0.25) is 0 Å². The highest BCUT2D eigenvalue weighted by molar-refractivity contribution is 6.32. The summed E-state index contributed by atoms with van der Waals surface area (Å²) in [7, 11) is 1.23. The molecule has 1 atom stereocenters. The summed E-state index contributed by atoms with van der Waals surface area (Å²) in [6, 6.07) is 6.61. The standard InChI is InChI=1S/C14H12ClNO4/c1-20-13(19)10(15)14(6-7-14)16-11(17)8-4-2-3-5-9(8)12(16)18/h2-5,10H,6-7H2,1H3/t10-/m0/s1. The van der Waals surface area contributed by atoms with Crippen molar-refractivity contribution < 1.29 is 19.1 Å². The zero-order chi connectivity index (χ0) is 14.5. The Morgan fingerprint density at radius 3 is 2.15 bits per heavy atom. The van der Waals surface area contributed by atoms with Gasteiger partial charge in [0.2, 0.25) is 0 Å². The van der Waals surface area contributed by atoms with Gasteiger partial charge in [-0.3, -0.25) is 19.3 Å². The van der Waals surface area contributed by atoms with Crippen LogP contribution < -0.4 is 0 Å². The molecular weight excluding hydrogens is 282 g/mol. The van der Waals surface area contributed by atoms with Crippen molar-refractivity contribution in [3.8, 4) is 0 Å². The van der Waals surface area contributed by atoms with Gasteiger partial charge < -0.3 is 4.74 Å². The van der Waals surface area contributed by atoms with Crippen LogP contribution in [0.1, 0.15) is 33.6 Å². The number of rotatable bonds is 3. The van der Waals surface area contributed by atoms with Crippen LogP contribution in [0.3, 0.4) is 0 Å². The third-order valence-electron chi connectivity index (χ3n) is 3.88. The first-order valence-electron chi connectivity index (χ1n) is 6.23. The summed E-state index contributed by atoms with van der Waals surface area (Å²) in [5.74, 6) is -1.41. The molecule has 5 nitrogen and oxygen atoms in total. The molecule has 6 heteroatoms. The molecule has 1 aromatic rings. The number of fused-ring (bicyclic) bond motifs is 1. The average molecular weight is 294 g/mol. The fraction of sp³-hybridized carbons (Fsp3) is 0.357. The number of benzene rings is 1. The minimum atomic E-state index is -1.03. The number of carbonyl (C=O) groups excluding carboxylic acids is 3. The van der Waals surface area contributed by atoms with Crippen LogP contribution in [0.5, 0.6) is 0 Å². The number of esters is 1. The van der Waals surface area contributed by atoms with Gasteiger partial charge in [0.05, 0.1) is 23.8 Å². The van der Waals surface area contributed by atoms with Crippen molar-refractivity contribution in [2.75, 3.05) is 7.11 Å². The Morgan fingerprint density at radius 1 is 1.25 bits per heavy atom. The molecule has 0 radical (unpaired) electrons. The molecule has 1 fully saturated rings. The highest BCUT2D eigenvalue weighted by atomic mass is 35.5. The van der Waals surface area contributed by atoms with Crippen LogP contribution in [0.25, 0.3) is 0 Å². The quantitative estimate of drug-likeness (QED) is 0.482. The predicted molar refractivity (Wildman–Crippen MR) is 70.6 cm³/mol. The minimum Gasteiger partial charge on any atom is -0.468 e. The fourth-order valence-electron chi connectivity index (χ4n) is 2.64. The summed E-state index contributed by atoms with van der Waals surface area (Å²) in [6.07, 6.45) is 1.03. The van der Waals surface area contributed by atoms with Gasteiger partial charge in [-0.15, -0.1) is 11.6 Å². The van der Waals surface area contributed by atoms with E-state index < -0.39 is 28.7 Å². The van der Waals surface area contributed by atoms with E-state index in [0.29, 0.717) is 24.0 Å². The van der Waals surface area contributed by atoms with Crippen molar-refractivity contribution in [3.05, 3.63) is 35.4 Å². The molecule has 0 N–H and O–H groups in total. The van der Waals surface area contributed by atoms with Crippen molar-refractivity contribution in [1.82, 2.24) is 4.90 Å². The molecular formula is C14H12ClNO4. The predicted octanol–water partition coefficient (Wildman–Crippen LogP) is 1.60. The van der Waals surface area contributed by atoms with Crippen LogP contribution in [0.15, 0.2) is 24.3 Å². The molecule has 2 amide bonds. The summed E-state index contributed by atoms with van der Waals surface area (Å²) in [5.41, 5.74) is -0.225. The van der Waals surface area contributed by atoms with Gasteiger partial charge in [0.15, 0.2) is 5.38 Å². The number of ether oxygens (including phenoxy) is 1. The smallest absolute Gasteiger partial charge is 0.326 e. The number of imide groups is 1. The van der Waals surface area contributed by atoms with E-state index in [1.54, 1.807) is 24.3 Å². The Kier molecular flexibility index (Phi) is 2.83. The normalized spacial score (nSPS) is 20.6. The first-order valence-corrected chi connectivity index (χ1v) is 6.66. The van der Waals surface area contributed by atoms with Gasteiger partial charge in [-0.1, -0.05) is 12.1 Å². The molecule has 1 heterocycles. The van der Waals surface area contributed by atoms with E-state index in [1.165, 1.54) is 7.11 Å². The molecule has 1 aliphatic heterocycles.